The molecule has 0 aliphatic heterocycles. The zero-order valence-corrected chi connectivity index (χ0v) is 9.31. The Hall–Kier alpha value is 0.380. The summed E-state index contributed by atoms with van der Waals surface area (Å²) in [5.74, 6) is 0. The van der Waals surface area contributed by atoms with Crippen LogP contribution < -0.4 is 5.73 Å². The van der Waals surface area contributed by atoms with Crippen LogP contribution in [0.3, 0.4) is 0 Å². The molecule has 0 spiro atoms. The van der Waals surface area contributed by atoms with Crippen LogP contribution in [0, 0.1) is 0 Å². The molecule has 0 heterocycles. The van der Waals surface area contributed by atoms with Crippen molar-refractivity contribution < 1.29 is 32.0 Å². The van der Waals surface area contributed by atoms with Gasteiger partial charge in [0.1, 0.15) is 0 Å². The monoisotopic (exact) mass is 289 g/mol. The minimum atomic E-state index is -0.639. The molecule has 7 heteroatoms. The molecule has 1 radical (unpaired) electrons. The Morgan fingerprint density at radius 1 is 1.27 bits per heavy atom. The molecular weight excluding hydrogens is 280 g/mol. The van der Waals surface area contributed by atoms with Gasteiger partial charge in [0.2, 0.25) is 0 Å². The number of thiol groups is 2. The van der Waals surface area contributed by atoms with Crippen molar-refractivity contribution in [2.75, 3.05) is 14.1 Å². The van der Waals surface area contributed by atoms with Gasteiger partial charge in [-0.05, 0) is 0 Å². The number of rotatable bonds is 0. The largest absolute Gasteiger partial charge is 0.361 e. The van der Waals surface area contributed by atoms with Crippen LogP contribution >= 0.6 is 25.3 Å². The first kappa shape index (κ1) is 17.5. The van der Waals surface area contributed by atoms with Crippen molar-refractivity contribution in [3.63, 3.8) is 0 Å². The number of nitrogens with zero attached hydrogens (tertiary/aromatic N) is 1. The molecule has 0 unspecified atom stereocenters. The Labute approximate surface area is 92.2 Å². The summed E-state index contributed by atoms with van der Waals surface area (Å²) < 4.78 is 0. The van der Waals surface area contributed by atoms with Crippen LogP contribution in [-0.4, -0.2) is 29.5 Å². The van der Waals surface area contributed by atoms with Gasteiger partial charge in [-0.1, -0.05) is 25.3 Å². The summed E-state index contributed by atoms with van der Waals surface area (Å²) in [5.41, 5.74) is 4.34. The summed E-state index contributed by atoms with van der Waals surface area (Å²) in [5, 5.41) is -0.852. The van der Waals surface area contributed by atoms with E-state index >= 15 is 0 Å². The van der Waals surface area contributed by atoms with E-state index in [0.717, 1.165) is 0 Å². The standard InChI is InChI=1S/C3H7NOS.CH3NOS.Ag/c1-4(2)3(5)6;2-1(3)4;/h1-2H3,(H,5,6);(H3,2,3,4);. The first-order valence-corrected chi connectivity index (χ1v) is 3.16. The molecular formula is C4H10AgN2O2S2. The van der Waals surface area contributed by atoms with Crippen molar-refractivity contribution in [3.05, 3.63) is 0 Å². The van der Waals surface area contributed by atoms with Gasteiger partial charge in [0, 0.05) is 36.5 Å². The number of amides is 2. The third kappa shape index (κ3) is 38.0. The van der Waals surface area contributed by atoms with Crippen LogP contribution in [0.5, 0.6) is 0 Å². The molecule has 2 amide bonds. The predicted octanol–water partition coefficient (Wildman–Crippen LogP) is 0.590. The van der Waals surface area contributed by atoms with Gasteiger partial charge >= 0.3 is 0 Å². The SMILES string of the molecule is CN(C)C(=O)S.NC(=O)S.[Ag]. The third-order valence-corrected chi connectivity index (χ3v) is 0.783. The topological polar surface area (TPSA) is 63.4 Å². The van der Waals surface area contributed by atoms with E-state index in [2.05, 4.69) is 31.0 Å². The second-order valence-corrected chi connectivity index (χ2v) is 2.34. The fraction of sp³-hybridized carbons (Fsp3) is 0.500. The van der Waals surface area contributed by atoms with Crippen LogP contribution in [0.1, 0.15) is 0 Å². The first-order valence-electron chi connectivity index (χ1n) is 2.26. The van der Waals surface area contributed by atoms with Crippen LogP contribution in [0.25, 0.3) is 0 Å². The third-order valence-electron chi connectivity index (χ3n) is 0.383. The molecule has 0 aromatic heterocycles. The minimum absolute atomic E-state index is 0. The smallest absolute Gasteiger partial charge is 0.278 e. The average molecular weight is 290 g/mol. The molecule has 0 saturated carbocycles. The van der Waals surface area contributed by atoms with Crippen molar-refractivity contribution in [2.24, 2.45) is 5.73 Å². The summed E-state index contributed by atoms with van der Waals surface area (Å²) in [7, 11) is 3.30. The molecule has 0 aromatic carbocycles. The molecule has 0 fully saturated rings. The van der Waals surface area contributed by atoms with E-state index in [-0.39, 0.29) is 27.6 Å². The normalized spacial score (nSPS) is 6.55. The molecule has 2 N–H and O–H groups in total. The Bertz CT molecular complexity index is 127. The molecule has 0 aromatic rings. The fourth-order valence-corrected chi connectivity index (χ4v) is 0. The molecule has 0 aliphatic rings. The number of primary amides is 1. The van der Waals surface area contributed by atoms with Crippen LogP contribution in [0.15, 0.2) is 0 Å². The predicted molar refractivity (Wildman–Crippen MR) is 46.6 cm³/mol. The van der Waals surface area contributed by atoms with E-state index in [0.29, 0.717) is 0 Å². The van der Waals surface area contributed by atoms with Crippen LogP contribution in [0.4, 0.5) is 9.59 Å². The number of hydrogen-bond acceptors (Lipinski definition) is 2. The van der Waals surface area contributed by atoms with Gasteiger partial charge < -0.3 is 10.6 Å². The van der Waals surface area contributed by atoms with Crippen molar-refractivity contribution >= 4 is 35.7 Å². The summed E-state index contributed by atoms with van der Waals surface area (Å²) in [6.45, 7) is 0. The van der Waals surface area contributed by atoms with Crippen LogP contribution in [0.2, 0.25) is 0 Å². The number of hydrogen-bond donors (Lipinski definition) is 3. The molecule has 0 rings (SSSR count). The number of carbonyl (C=O) groups is 2. The Morgan fingerprint density at radius 2 is 1.36 bits per heavy atom. The Morgan fingerprint density at radius 3 is 1.36 bits per heavy atom. The zero-order chi connectivity index (χ0) is 8.73. The van der Waals surface area contributed by atoms with Crippen molar-refractivity contribution in [1.29, 1.82) is 0 Å². The molecule has 0 atom stereocenters. The molecule has 11 heavy (non-hydrogen) atoms. The van der Waals surface area contributed by atoms with E-state index in [1.54, 1.807) is 14.1 Å². The quantitative estimate of drug-likeness (QED) is 0.451. The van der Waals surface area contributed by atoms with Gasteiger partial charge in [-0.25, -0.2) is 0 Å². The van der Waals surface area contributed by atoms with Crippen LogP contribution in [-0.2, 0) is 22.4 Å². The second kappa shape index (κ2) is 10.4. The maximum Gasteiger partial charge on any atom is 0.278 e. The summed E-state index contributed by atoms with van der Waals surface area (Å²) in [6.07, 6.45) is 0. The average Bonchev–Trinajstić information content (AvgIpc) is 1.63. The van der Waals surface area contributed by atoms with Gasteiger partial charge in [-0.15, -0.1) is 0 Å². The maximum absolute atomic E-state index is 9.93. The maximum atomic E-state index is 9.93. The fourth-order valence-electron chi connectivity index (χ4n) is 0. The van der Waals surface area contributed by atoms with Gasteiger partial charge in [0.05, 0.1) is 0 Å². The second-order valence-electron chi connectivity index (χ2n) is 1.52. The van der Waals surface area contributed by atoms with Crippen molar-refractivity contribution in [3.8, 4) is 0 Å². The minimum Gasteiger partial charge on any atom is -0.361 e. The molecule has 0 saturated heterocycles. The van der Waals surface area contributed by atoms with E-state index in [1.165, 1.54) is 4.90 Å². The number of carbonyl (C=O) groups excluding carboxylic acids is 2. The van der Waals surface area contributed by atoms with Gasteiger partial charge in [-0.3, -0.25) is 9.59 Å². The summed E-state index contributed by atoms with van der Waals surface area (Å²) in [6, 6.07) is 0. The summed E-state index contributed by atoms with van der Waals surface area (Å²) in [4.78, 5) is 20.4. The summed E-state index contributed by atoms with van der Waals surface area (Å²) >= 11 is 6.58. The van der Waals surface area contributed by atoms with Crippen molar-refractivity contribution in [1.82, 2.24) is 4.90 Å². The number of nitrogens with two attached hydrogens (primary N) is 1. The van der Waals surface area contributed by atoms with E-state index < -0.39 is 5.24 Å². The zero-order valence-electron chi connectivity index (χ0n) is 6.04. The Kier molecular flexibility index (Phi) is 16.5. The van der Waals surface area contributed by atoms with Crippen molar-refractivity contribution in [2.45, 2.75) is 0 Å². The van der Waals surface area contributed by atoms with E-state index in [1.807, 2.05) is 0 Å². The Balaban J connectivity index is -0.000000114. The first-order chi connectivity index (χ1) is 4.37. The molecule has 4 nitrogen and oxygen atoms in total. The van der Waals surface area contributed by atoms with Gasteiger partial charge in [0.25, 0.3) is 10.5 Å². The molecule has 71 valence electrons. The van der Waals surface area contributed by atoms with Gasteiger partial charge in [-0.2, -0.15) is 0 Å². The molecule has 0 aliphatic carbocycles. The van der Waals surface area contributed by atoms with E-state index in [4.69, 9.17) is 4.79 Å². The molecule has 0 bridgehead atoms. The van der Waals surface area contributed by atoms with Gasteiger partial charge in [0.15, 0.2) is 0 Å². The van der Waals surface area contributed by atoms with E-state index in [9.17, 15) is 4.79 Å².